The fourth-order valence-corrected chi connectivity index (χ4v) is 3.62. The number of thioether (sulfide) groups is 1. The van der Waals surface area contributed by atoms with Crippen LogP contribution in [0.4, 0.5) is 13.2 Å². The normalized spacial score (nSPS) is 18.4. The van der Waals surface area contributed by atoms with Crippen LogP contribution >= 0.6 is 11.8 Å². The number of nitrogens with zero attached hydrogens (tertiary/aromatic N) is 1. The van der Waals surface area contributed by atoms with Crippen molar-refractivity contribution in [2.24, 2.45) is 0 Å². The molecule has 1 N–H and O–H groups in total. The van der Waals surface area contributed by atoms with E-state index in [1.165, 1.54) is 0 Å². The first-order valence-corrected chi connectivity index (χ1v) is 8.62. The van der Waals surface area contributed by atoms with Crippen molar-refractivity contribution in [2.45, 2.75) is 42.6 Å². The summed E-state index contributed by atoms with van der Waals surface area (Å²) in [5.41, 5.74) is -3.42. The van der Waals surface area contributed by atoms with E-state index in [4.69, 9.17) is 0 Å². The zero-order valence-electron chi connectivity index (χ0n) is 12.8. The van der Waals surface area contributed by atoms with Crippen LogP contribution in [0.5, 0.6) is 0 Å². The van der Waals surface area contributed by atoms with Crippen LogP contribution in [0.2, 0.25) is 0 Å². The lowest BCUT2D eigenvalue weighted by molar-refractivity contribution is -0.0328. The summed E-state index contributed by atoms with van der Waals surface area (Å²) >= 11 is 0.0109. The standard InChI is InChI=1S/C16H23F3N2S/c1-2-3-7-14(21-11-9-20-10-12-21)13-6-4-5-8-15(13)22-16(17,18)19/h4-6,8,14,20H,2-3,7,9-12H2,1H3/t14-/m1/s1. The van der Waals surface area contributed by atoms with Crippen molar-refractivity contribution >= 4 is 11.8 Å². The van der Waals surface area contributed by atoms with Crippen LogP contribution in [0.25, 0.3) is 0 Å². The second kappa shape index (κ2) is 8.22. The highest BCUT2D eigenvalue weighted by Gasteiger charge is 2.32. The Labute approximate surface area is 134 Å². The van der Waals surface area contributed by atoms with Crippen LogP contribution in [-0.2, 0) is 0 Å². The van der Waals surface area contributed by atoms with Gasteiger partial charge in [0.25, 0.3) is 0 Å². The summed E-state index contributed by atoms with van der Waals surface area (Å²) in [5, 5.41) is 3.30. The molecule has 1 heterocycles. The number of alkyl halides is 3. The molecule has 6 heteroatoms. The third-order valence-electron chi connectivity index (χ3n) is 3.93. The quantitative estimate of drug-likeness (QED) is 0.776. The number of unbranched alkanes of at least 4 members (excludes halogenated alkanes) is 1. The highest BCUT2D eigenvalue weighted by molar-refractivity contribution is 8.00. The molecular weight excluding hydrogens is 309 g/mol. The maximum atomic E-state index is 12.8. The summed E-state index contributed by atoms with van der Waals surface area (Å²) in [7, 11) is 0. The molecule has 0 spiro atoms. The van der Waals surface area contributed by atoms with E-state index in [0.29, 0.717) is 4.90 Å². The Morgan fingerprint density at radius 2 is 1.91 bits per heavy atom. The van der Waals surface area contributed by atoms with Crippen LogP contribution in [0.3, 0.4) is 0 Å². The topological polar surface area (TPSA) is 15.3 Å². The summed E-state index contributed by atoms with van der Waals surface area (Å²) in [4.78, 5) is 2.66. The fourth-order valence-electron chi connectivity index (χ4n) is 2.90. The maximum absolute atomic E-state index is 12.8. The monoisotopic (exact) mass is 332 g/mol. The molecule has 0 radical (unpaired) electrons. The van der Waals surface area contributed by atoms with Gasteiger partial charge in [-0.05, 0) is 29.8 Å². The lowest BCUT2D eigenvalue weighted by atomic mass is 9.98. The second-order valence-corrected chi connectivity index (χ2v) is 6.64. The highest BCUT2D eigenvalue weighted by atomic mass is 32.2. The molecular formula is C16H23F3N2S. The number of benzene rings is 1. The fraction of sp³-hybridized carbons (Fsp3) is 0.625. The molecule has 0 unspecified atom stereocenters. The summed E-state index contributed by atoms with van der Waals surface area (Å²) in [5.74, 6) is 0. The zero-order chi connectivity index (χ0) is 16.0. The first kappa shape index (κ1) is 17.6. The molecule has 2 rings (SSSR count). The van der Waals surface area contributed by atoms with E-state index in [1.54, 1.807) is 12.1 Å². The predicted octanol–water partition coefficient (Wildman–Crippen LogP) is 4.44. The van der Waals surface area contributed by atoms with Gasteiger partial charge in [0.2, 0.25) is 0 Å². The predicted molar refractivity (Wildman–Crippen MR) is 85.1 cm³/mol. The molecule has 1 aliphatic heterocycles. The van der Waals surface area contributed by atoms with Crippen molar-refractivity contribution in [1.82, 2.24) is 10.2 Å². The van der Waals surface area contributed by atoms with Gasteiger partial charge in [0.15, 0.2) is 0 Å². The van der Waals surface area contributed by atoms with Crippen LogP contribution in [-0.4, -0.2) is 36.6 Å². The van der Waals surface area contributed by atoms with Gasteiger partial charge in [0.1, 0.15) is 0 Å². The Morgan fingerprint density at radius 3 is 2.55 bits per heavy atom. The molecule has 0 amide bonds. The van der Waals surface area contributed by atoms with Gasteiger partial charge in [-0.2, -0.15) is 13.2 Å². The summed E-state index contributed by atoms with van der Waals surface area (Å²) in [6, 6.07) is 7.06. The molecule has 1 fully saturated rings. The minimum absolute atomic E-state index is 0.0109. The van der Waals surface area contributed by atoms with Gasteiger partial charge >= 0.3 is 5.51 Å². The van der Waals surface area contributed by atoms with Gasteiger partial charge in [-0.15, -0.1) is 0 Å². The van der Waals surface area contributed by atoms with E-state index in [1.807, 2.05) is 12.1 Å². The number of halogens is 3. The molecule has 0 bridgehead atoms. The average molecular weight is 332 g/mol. The van der Waals surface area contributed by atoms with Crippen molar-refractivity contribution in [3.63, 3.8) is 0 Å². The first-order chi connectivity index (χ1) is 10.5. The minimum atomic E-state index is -4.24. The Kier molecular flexibility index (Phi) is 6.59. The molecule has 1 aromatic carbocycles. The smallest absolute Gasteiger partial charge is 0.314 e. The maximum Gasteiger partial charge on any atom is 0.446 e. The van der Waals surface area contributed by atoms with E-state index >= 15 is 0 Å². The number of piperazine rings is 1. The molecule has 1 atom stereocenters. The number of hydrogen-bond donors (Lipinski definition) is 1. The first-order valence-electron chi connectivity index (χ1n) is 7.80. The lowest BCUT2D eigenvalue weighted by Crippen LogP contribution is -2.45. The molecule has 0 aliphatic carbocycles. The van der Waals surface area contributed by atoms with Crippen LogP contribution in [0, 0.1) is 0 Å². The van der Waals surface area contributed by atoms with Crippen molar-refractivity contribution in [3.8, 4) is 0 Å². The molecule has 1 aromatic rings. The summed E-state index contributed by atoms with van der Waals surface area (Å²) < 4.78 is 38.5. The van der Waals surface area contributed by atoms with E-state index in [0.717, 1.165) is 51.0 Å². The van der Waals surface area contributed by atoms with Gasteiger partial charge in [0, 0.05) is 37.1 Å². The van der Waals surface area contributed by atoms with Crippen molar-refractivity contribution < 1.29 is 13.2 Å². The third-order valence-corrected chi connectivity index (χ3v) is 4.75. The minimum Gasteiger partial charge on any atom is -0.314 e. The number of rotatable bonds is 6. The Balaban J connectivity index is 2.25. The Bertz CT molecular complexity index is 459. The molecule has 1 aliphatic rings. The van der Waals surface area contributed by atoms with Crippen molar-refractivity contribution in [2.75, 3.05) is 26.2 Å². The molecule has 124 valence electrons. The van der Waals surface area contributed by atoms with E-state index in [2.05, 4.69) is 17.1 Å². The highest BCUT2D eigenvalue weighted by Crippen LogP contribution is 2.42. The van der Waals surface area contributed by atoms with E-state index in [-0.39, 0.29) is 17.8 Å². The van der Waals surface area contributed by atoms with Crippen molar-refractivity contribution in [1.29, 1.82) is 0 Å². The SMILES string of the molecule is CCCC[C@H](c1ccccc1SC(F)(F)F)N1CCNCC1. The molecule has 0 aromatic heterocycles. The van der Waals surface area contributed by atoms with Gasteiger partial charge < -0.3 is 5.32 Å². The number of nitrogens with one attached hydrogen (secondary N) is 1. The molecule has 2 nitrogen and oxygen atoms in total. The lowest BCUT2D eigenvalue weighted by Gasteiger charge is -2.36. The van der Waals surface area contributed by atoms with Gasteiger partial charge in [-0.1, -0.05) is 38.0 Å². The Hall–Kier alpha value is -0.720. The second-order valence-electron chi connectivity index (χ2n) is 5.53. The molecule has 0 saturated carbocycles. The van der Waals surface area contributed by atoms with Gasteiger partial charge in [-0.3, -0.25) is 4.90 Å². The number of hydrogen-bond acceptors (Lipinski definition) is 3. The largest absolute Gasteiger partial charge is 0.446 e. The summed E-state index contributed by atoms with van der Waals surface area (Å²) in [6.07, 6.45) is 2.99. The van der Waals surface area contributed by atoms with Crippen LogP contribution in [0.1, 0.15) is 37.8 Å². The third kappa shape index (κ3) is 5.18. The zero-order valence-corrected chi connectivity index (χ0v) is 13.6. The average Bonchev–Trinajstić information content (AvgIpc) is 2.49. The Morgan fingerprint density at radius 1 is 1.23 bits per heavy atom. The van der Waals surface area contributed by atoms with Gasteiger partial charge in [0.05, 0.1) is 0 Å². The van der Waals surface area contributed by atoms with E-state index < -0.39 is 5.51 Å². The van der Waals surface area contributed by atoms with Crippen LogP contribution in [0.15, 0.2) is 29.2 Å². The van der Waals surface area contributed by atoms with Gasteiger partial charge in [-0.25, -0.2) is 0 Å². The molecule has 1 saturated heterocycles. The summed E-state index contributed by atoms with van der Waals surface area (Å²) in [6.45, 7) is 5.69. The molecule has 22 heavy (non-hydrogen) atoms. The van der Waals surface area contributed by atoms with E-state index in [9.17, 15) is 13.2 Å². The van der Waals surface area contributed by atoms with Crippen molar-refractivity contribution in [3.05, 3.63) is 29.8 Å². The van der Waals surface area contributed by atoms with Crippen LogP contribution < -0.4 is 5.32 Å².